The Hall–Kier alpha value is -2.08. The van der Waals surface area contributed by atoms with Crippen LogP contribution in [0.25, 0.3) is 0 Å². The molecule has 2 aliphatic rings. The Labute approximate surface area is 136 Å². The average Bonchev–Trinajstić information content (AvgIpc) is 3.11. The molecule has 0 aromatic heterocycles. The minimum Gasteiger partial charge on any atom is -0.497 e. The molecule has 0 unspecified atom stereocenters. The van der Waals surface area contributed by atoms with Crippen LogP contribution < -0.4 is 4.74 Å². The second kappa shape index (κ2) is 7.00. The van der Waals surface area contributed by atoms with E-state index in [1.54, 1.807) is 36.3 Å². The van der Waals surface area contributed by atoms with Crippen LogP contribution in [0.15, 0.2) is 24.3 Å². The lowest BCUT2D eigenvalue weighted by Gasteiger charge is -2.32. The van der Waals surface area contributed by atoms with E-state index in [2.05, 4.69) is 0 Å². The molecular weight excluding hydrogens is 296 g/mol. The SMILES string of the molecule is COc1cccc(C(=O)N2CCC[C@H]2C(=O)N2CCOCC2)c1. The molecule has 2 saturated heterocycles. The second-order valence-electron chi connectivity index (χ2n) is 5.83. The summed E-state index contributed by atoms with van der Waals surface area (Å²) < 4.78 is 10.5. The third-order valence-electron chi connectivity index (χ3n) is 4.44. The smallest absolute Gasteiger partial charge is 0.254 e. The van der Waals surface area contributed by atoms with E-state index in [1.165, 1.54) is 0 Å². The lowest BCUT2D eigenvalue weighted by atomic mass is 10.1. The van der Waals surface area contributed by atoms with Crippen LogP contribution in [-0.4, -0.2) is 67.6 Å². The number of benzene rings is 1. The molecule has 0 N–H and O–H groups in total. The molecule has 2 aliphatic heterocycles. The fraction of sp³-hybridized carbons (Fsp3) is 0.529. The number of likely N-dealkylation sites (tertiary alicyclic amines) is 1. The number of methoxy groups -OCH3 is 1. The summed E-state index contributed by atoms with van der Waals surface area (Å²) in [7, 11) is 1.57. The van der Waals surface area contributed by atoms with E-state index < -0.39 is 0 Å². The quantitative estimate of drug-likeness (QED) is 0.839. The molecule has 0 radical (unpaired) electrons. The van der Waals surface area contributed by atoms with E-state index in [0.29, 0.717) is 44.2 Å². The molecule has 2 fully saturated rings. The van der Waals surface area contributed by atoms with Gasteiger partial charge in [-0.15, -0.1) is 0 Å². The van der Waals surface area contributed by atoms with Gasteiger partial charge in [-0.3, -0.25) is 9.59 Å². The van der Waals surface area contributed by atoms with Crippen molar-refractivity contribution in [2.24, 2.45) is 0 Å². The normalized spacial score (nSPS) is 21.3. The largest absolute Gasteiger partial charge is 0.497 e. The topological polar surface area (TPSA) is 59.1 Å². The Morgan fingerprint density at radius 3 is 2.74 bits per heavy atom. The van der Waals surface area contributed by atoms with Crippen molar-refractivity contribution < 1.29 is 19.1 Å². The van der Waals surface area contributed by atoms with Crippen LogP contribution in [0.2, 0.25) is 0 Å². The molecule has 23 heavy (non-hydrogen) atoms. The number of carbonyl (C=O) groups is 2. The van der Waals surface area contributed by atoms with Crippen molar-refractivity contribution in [2.45, 2.75) is 18.9 Å². The van der Waals surface area contributed by atoms with Crippen LogP contribution in [0.3, 0.4) is 0 Å². The summed E-state index contributed by atoms with van der Waals surface area (Å²) in [5.41, 5.74) is 0.561. The van der Waals surface area contributed by atoms with Crippen molar-refractivity contribution in [1.29, 1.82) is 0 Å². The second-order valence-corrected chi connectivity index (χ2v) is 5.83. The van der Waals surface area contributed by atoms with Gasteiger partial charge in [-0.05, 0) is 31.0 Å². The monoisotopic (exact) mass is 318 g/mol. The van der Waals surface area contributed by atoms with Gasteiger partial charge in [0.1, 0.15) is 11.8 Å². The molecular formula is C17H22N2O4. The van der Waals surface area contributed by atoms with Gasteiger partial charge in [0.2, 0.25) is 5.91 Å². The van der Waals surface area contributed by atoms with Crippen molar-refractivity contribution in [3.05, 3.63) is 29.8 Å². The van der Waals surface area contributed by atoms with Gasteiger partial charge < -0.3 is 19.3 Å². The lowest BCUT2D eigenvalue weighted by molar-refractivity contribution is -0.139. The Bertz CT molecular complexity index is 584. The fourth-order valence-corrected chi connectivity index (χ4v) is 3.18. The number of nitrogens with zero attached hydrogens (tertiary/aromatic N) is 2. The molecule has 6 heteroatoms. The molecule has 2 heterocycles. The predicted molar refractivity (Wildman–Crippen MR) is 84.5 cm³/mol. The number of hydrogen-bond acceptors (Lipinski definition) is 4. The summed E-state index contributed by atoms with van der Waals surface area (Å²) in [4.78, 5) is 29.0. The van der Waals surface area contributed by atoms with E-state index in [1.807, 2.05) is 4.90 Å². The zero-order valence-electron chi connectivity index (χ0n) is 13.4. The first-order valence-corrected chi connectivity index (χ1v) is 8.02. The first kappa shape index (κ1) is 15.8. The average molecular weight is 318 g/mol. The molecule has 0 aliphatic carbocycles. The Balaban J connectivity index is 1.74. The van der Waals surface area contributed by atoms with Gasteiger partial charge in [-0.2, -0.15) is 0 Å². The predicted octanol–water partition coefficient (Wildman–Crippen LogP) is 1.16. The molecule has 124 valence electrons. The maximum absolute atomic E-state index is 12.8. The fourth-order valence-electron chi connectivity index (χ4n) is 3.18. The highest BCUT2D eigenvalue weighted by Crippen LogP contribution is 2.23. The minimum atomic E-state index is -0.355. The van der Waals surface area contributed by atoms with Gasteiger partial charge in [0.05, 0.1) is 20.3 Å². The molecule has 1 aromatic rings. The maximum Gasteiger partial charge on any atom is 0.254 e. The highest BCUT2D eigenvalue weighted by Gasteiger charge is 2.37. The number of hydrogen-bond donors (Lipinski definition) is 0. The van der Waals surface area contributed by atoms with Crippen molar-refractivity contribution in [1.82, 2.24) is 9.80 Å². The van der Waals surface area contributed by atoms with Crippen LogP contribution in [-0.2, 0) is 9.53 Å². The van der Waals surface area contributed by atoms with E-state index in [0.717, 1.165) is 12.8 Å². The van der Waals surface area contributed by atoms with E-state index in [-0.39, 0.29) is 17.9 Å². The van der Waals surface area contributed by atoms with Crippen LogP contribution in [0.5, 0.6) is 5.75 Å². The molecule has 2 amide bonds. The summed E-state index contributed by atoms with van der Waals surface area (Å²) in [6.07, 6.45) is 1.59. The Kier molecular flexibility index (Phi) is 4.81. The zero-order chi connectivity index (χ0) is 16.2. The first-order valence-electron chi connectivity index (χ1n) is 8.02. The lowest BCUT2D eigenvalue weighted by Crippen LogP contribution is -2.51. The number of carbonyl (C=O) groups excluding carboxylic acids is 2. The van der Waals surface area contributed by atoms with E-state index in [9.17, 15) is 9.59 Å². The molecule has 1 aromatic carbocycles. The Morgan fingerprint density at radius 2 is 2.00 bits per heavy atom. The van der Waals surface area contributed by atoms with E-state index in [4.69, 9.17) is 9.47 Å². The van der Waals surface area contributed by atoms with Crippen molar-refractivity contribution in [3.63, 3.8) is 0 Å². The molecule has 0 saturated carbocycles. The first-order chi connectivity index (χ1) is 11.2. The van der Waals surface area contributed by atoms with Gasteiger partial charge in [0.15, 0.2) is 0 Å². The highest BCUT2D eigenvalue weighted by atomic mass is 16.5. The van der Waals surface area contributed by atoms with Gasteiger partial charge >= 0.3 is 0 Å². The van der Waals surface area contributed by atoms with Gasteiger partial charge in [-0.1, -0.05) is 6.07 Å². The van der Waals surface area contributed by atoms with Crippen LogP contribution >= 0.6 is 0 Å². The summed E-state index contributed by atoms with van der Waals surface area (Å²) in [5, 5.41) is 0. The van der Waals surface area contributed by atoms with Crippen LogP contribution in [0.4, 0.5) is 0 Å². The minimum absolute atomic E-state index is 0.0436. The van der Waals surface area contributed by atoms with Gasteiger partial charge in [0.25, 0.3) is 5.91 Å². The highest BCUT2D eigenvalue weighted by molar-refractivity contribution is 5.98. The van der Waals surface area contributed by atoms with Crippen molar-refractivity contribution >= 4 is 11.8 Å². The maximum atomic E-state index is 12.8. The summed E-state index contributed by atoms with van der Waals surface area (Å²) in [6, 6.07) is 6.72. The molecule has 3 rings (SSSR count). The number of ether oxygens (including phenoxy) is 2. The third kappa shape index (κ3) is 3.32. The van der Waals surface area contributed by atoms with Crippen LogP contribution in [0, 0.1) is 0 Å². The molecule has 6 nitrogen and oxygen atoms in total. The van der Waals surface area contributed by atoms with Crippen molar-refractivity contribution in [2.75, 3.05) is 40.0 Å². The van der Waals surface area contributed by atoms with Crippen molar-refractivity contribution in [3.8, 4) is 5.75 Å². The summed E-state index contributed by atoms with van der Waals surface area (Å²) in [5.74, 6) is 0.584. The molecule has 0 bridgehead atoms. The van der Waals surface area contributed by atoms with E-state index >= 15 is 0 Å². The number of morpholine rings is 1. The Morgan fingerprint density at radius 1 is 1.22 bits per heavy atom. The van der Waals surface area contributed by atoms with Gasteiger partial charge in [-0.25, -0.2) is 0 Å². The number of rotatable bonds is 3. The van der Waals surface area contributed by atoms with Gasteiger partial charge in [0, 0.05) is 25.2 Å². The number of amides is 2. The standard InChI is InChI=1S/C17H22N2O4/c1-22-14-5-2-4-13(12-14)16(20)19-7-3-6-15(19)17(21)18-8-10-23-11-9-18/h2,4-5,12,15H,3,6-11H2,1H3/t15-/m0/s1. The zero-order valence-corrected chi connectivity index (χ0v) is 13.4. The molecule has 1 atom stereocenters. The third-order valence-corrected chi connectivity index (χ3v) is 4.44. The van der Waals surface area contributed by atoms with Crippen LogP contribution in [0.1, 0.15) is 23.2 Å². The summed E-state index contributed by atoms with van der Waals surface area (Å²) >= 11 is 0. The summed E-state index contributed by atoms with van der Waals surface area (Å²) in [6.45, 7) is 2.98. The molecule has 0 spiro atoms.